The third kappa shape index (κ3) is 4.37. The van der Waals surface area contributed by atoms with Gasteiger partial charge in [-0.25, -0.2) is 0 Å². The van der Waals surface area contributed by atoms with Crippen molar-refractivity contribution >= 4 is 29.3 Å². The summed E-state index contributed by atoms with van der Waals surface area (Å²) in [5.74, 6) is 0.452. The van der Waals surface area contributed by atoms with Crippen LogP contribution in [0.2, 0.25) is 0 Å². The Morgan fingerprint density at radius 1 is 0.957 bits per heavy atom. The molecule has 3 heteroatoms. The molecule has 0 bridgehead atoms. The molecule has 3 rings (SSSR count). The Kier molecular flexibility index (Phi) is 7.75. The van der Waals surface area contributed by atoms with E-state index in [1.54, 1.807) is 6.92 Å². The molecule has 2 aromatic carbocycles. The largest absolute Gasteiger partial charge is 4.00 e. The molecule has 0 aliphatic heterocycles. The van der Waals surface area contributed by atoms with Gasteiger partial charge in [-0.1, -0.05) is 64.1 Å². The molecule has 0 amide bonds. The van der Waals surface area contributed by atoms with Crippen LogP contribution in [0.5, 0.6) is 0 Å². The van der Waals surface area contributed by atoms with Gasteiger partial charge < -0.3 is 0 Å². The number of alkyl halides is 2. The van der Waals surface area contributed by atoms with Gasteiger partial charge >= 0.3 is 21.7 Å². The Morgan fingerprint density at radius 3 is 1.96 bits per heavy atom. The predicted octanol–water partition coefficient (Wildman–Crippen LogP) is 6.61. The summed E-state index contributed by atoms with van der Waals surface area (Å²) in [6.07, 6.45) is 4.61. The number of benzene rings is 1. The minimum atomic E-state index is -0.222. The summed E-state index contributed by atoms with van der Waals surface area (Å²) < 4.78 is 0. The average molecular weight is 382 g/mol. The van der Waals surface area contributed by atoms with Crippen molar-refractivity contribution in [1.82, 2.24) is 0 Å². The smallest absolute Gasteiger partial charge is 0.196 e. The second kappa shape index (κ2) is 8.63. The fraction of sp³-hybridized carbons (Fsp3) is 0.350. The van der Waals surface area contributed by atoms with Crippen LogP contribution >= 0.6 is 23.2 Å². The fourth-order valence-corrected chi connectivity index (χ4v) is 3.22. The van der Waals surface area contributed by atoms with Crippen molar-refractivity contribution in [2.75, 3.05) is 0 Å². The molecule has 23 heavy (non-hydrogen) atoms. The molecule has 0 aromatic heterocycles. The van der Waals surface area contributed by atoms with Crippen LogP contribution < -0.4 is 0 Å². The summed E-state index contributed by atoms with van der Waals surface area (Å²) in [5, 5.41) is 0. The summed E-state index contributed by atoms with van der Waals surface area (Å²) in [5.41, 5.74) is 10.2. The molecular formula is C20H23Cl2Ti+3. The first-order chi connectivity index (χ1) is 10.3. The second-order valence-electron chi connectivity index (χ2n) is 5.90. The summed E-state index contributed by atoms with van der Waals surface area (Å²) in [6.45, 7) is 10.7. The van der Waals surface area contributed by atoms with E-state index in [0.717, 1.165) is 0 Å². The van der Waals surface area contributed by atoms with E-state index in [1.165, 1.54) is 38.9 Å². The van der Waals surface area contributed by atoms with Gasteiger partial charge in [0.25, 0.3) is 0 Å². The van der Waals surface area contributed by atoms with Crippen LogP contribution in [0.3, 0.4) is 0 Å². The molecule has 1 aliphatic carbocycles. The van der Waals surface area contributed by atoms with Crippen LogP contribution in [0.15, 0.2) is 30.3 Å². The molecule has 1 aliphatic rings. The maximum atomic E-state index is 5.04. The zero-order valence-corrected chi connectivity index (χ0v) is 17.4. The van der Waals surface area contributed by atoms with E-state index >= 15 is 0 Å². The van der Waals surface area contributed by atoms with E-state index in [0.29, 0.717) is 5.92 Å². The van der Waals surface area contributed by atoms with Crippen LogP contribution in [0.4, 0.5) is 0 Å². The topological polar surface area (TPSA) is 0 Å². The van der Waals surface area contributed by atoms with Crippen LogP contribution in [0.25, 0.3) is 6.08 Å². The minimum Gasteiger partial charge on any atom is -0.196 e. The molecule has 0 radical (unpaired) electrons. The normalized spacial score (nSPS) is 15.0. The van der Waals surface area contributed by atoms with Gasteiger partial charge in [0.15, 0.2) is 0 Å². The van der Waals surface area contributed by atoms with Gasteiger partial charge in [-0.15, -0.1) is 28.8 Å². The van der Waals surface area contributed by atoms with Crippen LogP contribution in [-0.4, -0.2) is 4.84 Å². The Morgan fingerprint density at radius 2 is 1.43 bits per heavy atom. The maximum absolute atomic E-state index is 5.04. The Hall–Kier alpha value is -0.396. The van der Waals surface area contributed by atoms with Crippen molar-refractivity contribution in [3.63, 3.8) is 0 Å². The van der Waals surface area contributed by atoms with Crippen molar-refractivity contribution in [3.05, 3.63) is 69.3 Å². The first-order valence-corrected chi connectivity index (χ1v) is 8.50. The van der Waals surface area contributed by atoms with Crippen molar-refractivity contribution in [3.8, 4) is 0 Å². The monoisotopic (exact) mass is 381 g/mol. The van der Waals surface area contributed by atoms with Crippen molar-refractivity contribution in [1.29, 1.82) is 0 Å². The van der Waals surface area contributed by atoms with Crippen LogP contribution in [0.1, 0.15) is 51.8 Å². The molecule has 0 fully saturated rings. The predicted molar refractivity (Wildman–Crippen MR) is 99.5 cm³/mol. The van der Waals surface area contributed by atoms with Crippen molar-refractivity contribution in [2.24, 2.45) is 0 Å². The molecular weight excluding hydrogens is 359 g/mol. The van der Waals surface area contributed by atoms with Crippen molar-refractivity contribution in [2.45, 2.75) is 45.4 Å². The summed E-state index contributed by atoms with van der Waals surface area (Å²) in [4.78, 5) is -0.222. The Bertz CT molecular complexity index is 668. The van der Waals surface area contributed by atoms with Gasteiger partial charge in [0.05, 0.1) is 0 Å². The van der Waals surface area contributed by atoms with Gasteiger partial charge in [-0.2, -0.15) is 22.3 Å². The molecule has 0 nitrogen and oxygen atoms in total. The molecule has 0 saturated carbocycles. The summed E-state index contributed by atoms with van der Waals surface area (Å²) in [6, 6.07) is 8.73. The molecule has 118 valence electrons. The molecule has 0 N–H and O–H groups in total. The summed E-state index contributed by atoms with van der Waals surface area (Å²) >= 11 is 10.1. The van der Waals surface area contributed by atoms with Crippen molar-refractivity contribution < 1.29 is 21.7 Å². The van der Waals surface area contributed by atoms with E-state index in [4.69, 9.17) is 23.2 Å². The molecule has 0 heterocycles. The first-order valence-electron chi connectivity index (χ1n) is 7.62. The van der Waals surface area contributed by atoms with Gasteiger partial charge in [-0.05, 0) is 24.0 Å². The van der Waals surface area contributed by atoms with E-state index in [1.807, 2.05) is 0 Å². The van der Waals surface area contributed by atoms with E-state index in [9.17, 15) is 0 Å². The van der Waals surface area contributed by atoms with Crippen LogP contribution in [0, 0.1) is 27.7 Å². The third-order valence-corrected chi connectivity index (χ3v) is 4.61. The second-order valence-corrected chi connectivity index (χ2v) is 7.43. The zero-order valence-electron chi connectivity index (χ0n) is 14.4. The molecule has 0 saturated heterocycles. The average Bonchev–Trinajstić information content (AvgIpc) is 2.96. The number of allylic oxidation sites excluding steroid dienone is 1. The van der Waals surface area contributed by atoms with E-state index in [-0.39, 0.29) is 26.6 Å². The van der Waals surface area contributed by atoms with E-state index < -0.39 is 0 Å². The molecule has 1 unspecified atom stereocenters. The van der Waals surface area contributed by atoms with Gasteiger partial charge in [0.1, 0.15) is 4.84 Å². The molecule has 2 aromatic rings. The number of hydrogen-bond acceptors (Lipinski definition) is 0. The molecule has 0 spiro atoms. The molecule has 1 atom stereocenters. The number of hydrogen-bond donors (Lipinski definition) is 0. The third-order valence-electron chi connectivity index (χ3n) is 4.61. The van der Waals surface area contributed by atoms with Crippen LogP contribution in [-0.2, 0) is 21.7 Å². The SMILES string of the molecule is CC(Cl)Cl.Cc1c(C)c(C)[c-](C2C=Cc3ccccc32)c1C.[Ti+4]. The first kappa shape index (κ1) is 20.6. The van der Waals surface area contributed by atoms with Gasteiger partial charge in [-0.3, -0.25) is 0 Å². The number of fused-ring (bicyclic) bond motifs is 1. The van der Waals surface area contributed by atoms with E-state index in [2.05, 4.69) is 64.1 Å². The van der Waals surface area contributed by atoms with Gasteiger partial charge in [0.2, 0.25) is 0 Å². The summed E-state index contributed by atoms with van der Waals surface area (Å²) in [7, 11) is 0. The Labute approximate surface area is 165 Å². The van der Waals surface area contributed by atoms with Gasteiger partial charge in [0, 0.05) is 0 Å². The quantitative estimate of drug-likeness (QED) is 0.296. The minimum absolute atomic E-state index is 0. The number of rotatable bonds is 1. The standard InChI is InChI=1S/C18H19.C2H4Cl2.Ti/c1-11-12(2)14(4)18(13(11)3)17-10-9-15-7-5-6-8-16(15)17;1-2(3)4;/h5-10,17H,1-4H3;2H,1H3;/q-1;;+4. The number of halogens is 2. The Balaban J connectivity index is 0.000000478. The maximum Gasteiger partial charge on any atom is 4.00 e. The zero-order chi connectivity index (χ0) is 16.4. The fourth-order valence-electron chi connectivity index (χ4n) is 3.22.